The second-order valence-electron chi connectivity index (χ2n) is 6.47. The molecule has 26 heavy (non-hydrogen) atoms. The number of aryl methyl sites for hydroxylation is 1. The second-order valence-corrected chi connectivity index (χ2v) is 6.47. The molecular formula is C22H30N2O2. The van der Waals surface area contributed by atoms with Crippen molar-refractivity contribution in [2.45, 2.75) is 33.2 Å². The van der Waals surface area contributed by atoms with Gasteiger partial charge in [0.2, 0.25) is 0 Å². The maximum absolute atomic E-state index is 12.2. The molecule has 4 nitrogen and oxygen atoms in total. The van der Waals surface area contributed by atoms with Crippen LogP contribution in [0.2, 0.25) is 0 Å². The van der Waals surface area contributed by atoms with Crippen LogP contribution >= 0.6 is 0 Å². The molecule has 1 amide bonds. The topological polar surface area (TPSA) is 41.6 Å². The molecule has 0 aromatic heterocycles. The third kappa shape index (κ3) is 6.52. The third-order valence-electron chi connectivity index (χ3n) is 4.57. The van der Waals surface area contributed by atoms with Crippen molar-refractivity contribution in [3.8, 4) is 5.75 Å². The molecule has 140 valence electrons. The van der Waals surface area contributed by atoms with Crippen LogP contribution in [0.5, 0.6) is 5.75 Å². The second kappa shape index (κ2) is 10.6. The van der Waals surface area contributed by atoms with Crippen molar-refractivity contribution in [2.24, 2.45) is 0 Å². The zero-order valence-corrected chi connectivity index (χ0v) is 16.1. The number of nitrogens with zero attached hydrogens (tertiary/aromatic N) is 1. The minimum atomic E-state index is -0.0872. The molecular weight excluding hydrogens is 324 g/mol. The van der Waals surface area contributed by atoms with E-state index < -0.39 is 0 Å². The van der Waals surface area contributed by atoms with Crippen LogP contribution in [0.3, 0.4) is 0 Å². The van der Waals surface area contributed by atoms with Crippen molar-refractivity contribution in [1.29, 1.82) is 0 Å². The predicted octanol–water partition coefficient (Wildman–Crippen LogP) is 3.44. The van der Waals surface area contributed by atoms with Crippen LogP contribution in [0.25, 0.3) is 0 Å². The number of carbonyl (C=O) groups is 1. The summed E-state index contributed by atoms with van der Waals surface area (Å²) in [5.41, 5.74) is 2.46. The average molecular weight is 354 g/mol. The van der Waals surface area contributed by atoms with Gasteiger partial charge < -0.3 is 10.1 Å². The van der Waals surface area contributed by atoms with Crippen LogP contribution < -0.4 is 10.1 Å². The Morgan fingerprint density at radius 1 is 1.04 bits per heavy atom. The van der Waals surface area contributed by atoms with E-state index in [1.165, 1.54) is 11.1 Å². The summed E-state index contributed by atoms with van der Waals surface area (Å²) >= 11 is 0. The monoisotopic (exact) mass is 354 g/mol. The number of hydrogen-bond acceptors (Lipinski definition) is 3. The molecule has 2 rings (SSSR count). The quantitative estimate of drug-likeness (QED) is 0.711. The maximum atomic E-state index is 12.2. The number of amides is 1. The van der Waals surface area contributed by atoms with E-state index in [9.17, 15) is 4.79 Å². The number of carbonyl (C=O) groups excluding carboxylic acids is 1. The first-order chi connectivity index (χ1) is 12.6. The van der Waals surface area contributed by atoms with E-state index in [1.54, 1.807) is 0 Å². The van der Waals surface area contributed by atoms with Gasteiger partial charge in [-0.2, -0.15) is 0 Å². The van der Waals surface area contributed by atoms with E-state index in [4.69, 9.17) is 4.74 Å². The number of hydrogen-bond donors (Lipinski definition) is 1. The van der Waals surface area contributed by atoms with Crippen LogP contribution in [-0.2, 0) is 11.2 Å². The summed E-state index contributed by atoms with van der Waals surface area (Å²) < 4.78 is 5.56. The lowest BCUT2D eigenvalue weighted by molar-refractivity contribution is -0.123. The van der Waals surface area contributed by atoms with Gasteiger partial charge in [-0.25, -0.2) is 0 Å². The van der Waals surface area contributed by atoms with Crippen molar-refractivity contribution in [3.63, 3.8) is 0 Å². The van der Waals surface area contributed by atoms with Gasteiger partial charge in [-0.05, 0) is 44.1 Å². The van der Waals surface area contributed by atoms with Gasteiger partial charge in [0, 0.05) is 12.6 Å². The highest BCUT2D eigenvalue weighted by Gasteiger charge is 2.17. The molecule has 0 saturated heterocycles. The van der Waals surface area contributed by atoms with Gasteiger partial charge in [-0.1, -0.05) is 61.9 Å². The summed E-state index contributed by atoms with van der Waals surface area (Å²) in [7, 11) is 0. The standard InChI is InChI=1S/C22H30N2O2/c1-4-24(5-2)20(15-19-9-7-6-8-10-19)16-23-22(25)17-26-21-13-11-18(3)12-14-21/h6-14,20H,4-5,15-17H2,1-3H3,(H,23,25). The van der Waals surface area contributed by atoms with E-state index in [1.807, 2.05) is 37.3 Å². The zero-order chi connectivity index (χ0) is 18.8. The fourth-order valence-electron chi connectivity index (χ4n) is 3.02. The lowest BCUT2D eigenvalue weighted by Crippen LogP contribution is -2.46. The van der Waals surface area contributed by atoms with E-state index in [0.717, 1.165) is 25.3 Å². The van der Waals surface area contributed by atoms with E-state index >= 15 is 0 Å². The highest BCUT2D eigenvalue weighted by Crippen LogP contribution is 2.11. The van der Waals surface area contributed by atoms with Crippen molar-refractivity contribution < 1.29 is 9.53 Å². The lowest BCUT2D eigenvalue weighted by atomic mass is 10.0. The first kappa shape index (κ1) is 20.0. The van der Waals surface area contributed by atoms with Gasteiger partial charge in [-0.3, -0.25) is 9.69 Å². The molecule has 0 bridgehead atoms. The molecule has 0 aliphatic carbocycles. The fourth-order valence-corrected chi connectivity index (χ4v) is 3.02. The molecule has 1 N–H and O–H groups in total. The lowest BCUT2D eigenvalue weighted by Gasteiger charge is -2.30. The van der Waals surface area contributed by atoms with Crippen LogP contribution in [0.15, 0.2) is 54.6 Å². The van der Waals surface area contributed by atoms with Gasteiger partial charge in [0.1, 0.15) is 5.75 Å². The Hall–Kier alpha value is -2.33. The molecule has 1 atom stereocenters. The van der Waals surface area contributed by atoms with E-state index in [0.29, 0.717) is 6.54 Å². The number of benzene rings is 2. The van der Waals surface area contributed by atoms with Gasteiger partial charge >= 0.3 is 0 Å². The maximum Gasteiger partial charge on any atom is 0.257 e. The summed E-state index contributed by atoms with van der Waals surface area (Å²) in [6.07, 6.45) is 0.918. The van der Waals surface area contributed by atoms with Crippen molar-refractivity contribution in [3.05, 3.63) is 65.7 Å². The summed E-state index contributed by atoms with van der Waals surface area (Å²) in [6.45, 7) is 8.92. The summed E-state index contributed by atoms with van der Waals surface area (Å²) in [4.78, 5) is 14.6. The SMILES string of the molecule is CCN(CC)C(CNC(=O)COc1ccc(C)cc1)Cc1ccccc1. The zero-order valence-electron chi connectivity index (χ0n) is 16.1. The Balaban J connectivity index is 1.86. The molecule has 0 radical (unpaired) electrons. The fraction of sp³-hybridized carbons (Fsp3) is 0.409. The average Bonchev–Trinajstić information content (AvgIpc) is 2.67. The molecule has 0 aliphatic rings. The van der Waals surface area contributed by atoms with E-state index in [-0.39, 0.29) is 18.6 Å². The van der Waals surface area contributed by atoms with Gasteiger partial charge in [-0.15, -0.1) is 0 Å². The first-order valence-corrected chi connectivity index (χ1v) is 9.36. The Morgan fingerprint density at radius 2 is 1.69 bits per heavy atom. The van der Waals surface area contributed by atoms with E-state index in [2.05, 4.69) is 48.3 Å². The van der Waals surface area contributed by atoms with Crippen LogP contribution in [-0.4, -0.2) is 43.1 Å². The van der Waals surface area contributed by atoms with Gasteiger partial charge in [0.25, 0.3) is 5.91 Å². The van der Waals surface area contributed by atoms with Crippen LogP contribution in [0, 0.1) is 6.92 Å². The summed E-state index contributed by atoms with van der Waals surface area (Å²) in [6, 6.07) is 18.4. The molecule has 0 saturated carbocycles. The van der Waals surface area contributed by atoms with Crippen molar-refractivity contribution in [2.75, 3.05) is 26.2 Å². The van der Waals surface area contributed by atoms with Gasteiger partial charge in [0.05, 0.1) is 0 Å². The van der Waals surface area contributed by atoms with Crippen molar-refractivity contribution in [1.82, 2.24) is 10.2 Å². The van der Waals surface area contributed by atoms with Crippen LogP contribution in [0.4, 0.5) is 0 Å². The molecule has 4 heteroatoms. The smallest absolute Gasteiger partial charge is 0.257 e. The molecule has 0 spiro atoms. The Labute approximate surface area is 157 Å². The summed E-state index contributed by atoms with van der Waals surface area (Å²) in [5, 5.41) is 3.03. The largest absolute Gasteiger partial charge is 0.484 e. The number of rotatable bonds is 10. The number of ether oxygens (including phenoxy) is 1. The molecule has 2 aromatic rings. The molecule has 0 heterocycles. The predicted molar refractivity (Wildman–Crippen MR) is 107 cm³/mol. The Kier molecular flexibility index (Phi) is 8.16. The molecule has 1 unspecified atom stereocenters. The highest BCUT2D eigenvalue weighted by molar-refractivity contribution is 5.77. The van der Waals surface area contributed by atoms with Gasteiger partial charge in [0.15, 0.2) is 6.61 Å². The number of nitrogens with one attached hydrogen (secondary N) is 1. The normalized spacial score (nSPS) is 12.0. The third-order valence-corrected chi connectivity index (χ3v) is 4.57. The Morgan fingerprint density at radius 3 is 2.31 bits per heavy atom. The minimum absolute atomic E-state index is 0.0410. The van der Waals surface area contributed by atoms with Crippen LogP contribution in [0.1, 0.15) is 25.0 Å². The minimum Gasteiger partial charge on any atom is -0.484 e. The molecule has 0 fully saturated rings. The Bertz CT molecular complexity index is 652. The number of likely N-dealkylation sites (N-methyl/N-ethyl adjacent to an activating group) is 1. The molecule has 2 aromatic carbocycles. The van der Waals surface area contributed by atoms with Crippen molar-refractivity contribution >= 4 is 5.91 Å². The summed E-state index contributed by atoms with van der Waals surface area (Å²) in [5.74, 6) is 0.631. The first-order valence-electron chi connectivity index (χ1n) is 9.36. The highest BCUT2D eigenvalue weighted by atomic mass is 16.5. The molecule has 0 aliphatic heterocycles.